The maximum atomic E-state index is 10.8. The number of halogens is 1. The van der Waals surface area contributed by atoms with Gasteiger partial charge in [0, 0.05) is 6.92 Å². The van der Waals surface area contributed by atoms with Crippen molar-refractivity contribution in [1.82, 2.24) is 0 Å². The number of carboxylic acids is 1. The summed E-state index contributed by atoms with van der Waals surface area (Å²) in [6.45, 7) is 1.30. The van der Waals surface area contributed by atoms with Crippen LogP contribution in [0.5, 0.6) is 0 Å². The highest BCUT2D eigenvalue weighted by molar-refractivity contribution is 6.34. The molecule has 0 fully saturated rings. The number of aromatic carboxylic acids is 1. The van der Waals surface area contributed by atoms with Crippen molar-refractivity contribution in [1.29, 1.82) is 0 Å². The van der Waals surface area contributed by atoms with Crippen LogP contribution >= 0.6 is 11.6 Å². The second-order valence-corrected chi connectivity index (χ2v) is 3.31. The number of amides is 1. The average molecular weight is 229 g/mol. The van der Waals surface area contributed by atoms with Crippen LogP contribution in [0.15, 0.2) is 12.1 Å². The molecule has 0 saturated heterocycles. The number of hydrogen-bond acceptors (Lipinski definition) is 3. The van der Waals surface area contributed by atoms with Crippen LogP contribution in [-0.4, -0.2) is 17.0 Å². The fourth-order valence-electron chi connectivity index (χ4n) is 1.05. The summed E-state index contributed by atoms with van der Waals surface area (Å²) in [7, 11) is 0. The highest BCUT2D eigenvalue weighted by Crippen LogP contribution is 2.27. The van der Waals surface area contributed by atoms with Gasteiger partial charge < -0.3 is 16.2 Å². The summed E-state index contributed by atoms with van der Waals surface area (Å²) in [5, 5.41) is 11.2. The summed E-state index contributed by atoms with van der Waals surface area (Å²) >= 11 is 5.66. The molecule has 0 unspecified atom stereocenters. The second-order valence-electron chi connectivity index (χ2n) is 2.91. The maximum absolute atomic E-state index is 10.8. The lowest BCUT2D eigenvalue weighted by atomic mass is 10.1. The lowest BCUT2D eigenvalue weighted by molar-refractivity contribution is -0.114. The molecule has 0 atom stereocenters. The number of hydrogen-bond donors (Lipinski definition) is 3. The van der Waals surface area contributed by atoms with Gasteiger partial charge in [0.15, 0.2) is 0 Å². The van der Waals surface area contributed by atoms with Gasteiger partial charge in [-0.2, -0.15) is 0 Å². The largest absolute Gasteiger partial charge is 0.478 e. The Labute approximate surface area is 90.8 Å². The molecule has 1 aromatic carbocycles. The number of carbonyl (C=O) groups is 2. The Hall–Kier alpha value is -1.75. The van der Waals surface area contributed by atoms with Gasteiger partial charge in [-0.15, -0.1) is 0 Å². The molecule has 15 heavy (non-hydrogen) atoms. The molecule has 1 amide bonds. The molecule has 0 aliphatic heterocycles. The average Bonchev–Trinajstić information content (AvgIpc) is 2.08. The topological polar surface area (TPSA) is 92.4 Å². The first-order valence-corrected chi connectivity index (χ1v) is 4.39. The van der Waals surface area contributed by atoms with Crippen LogP contribution in [0.2, 0.25) is 5.02 Å². The minimum absolute atomic E-state index is 0.0362. The third kappa shape index (κ3) is 2.60. The molecule has 1 aromatic rings. The Kier molecular flexibility index (Phi) is 3.16. The molecule has 80 valence electrons. The first kappa shape index (κ1) is 11.3. The quantitative estimate of drug-likeness (QED) is 0.670. The van der Waals surface area contributed by atoms with Crippen LogP contribution in [-0.2, 0) is 4.79 Å². The van der Waals surface area contributed by atoms with Crippen LogP contribution < -0.4 is 11.1 Å². The number of carbonyl (C=O) groups excluding carboxylic acids is 1. The van der Waals surface area contributed by atoms with Gasteiger partial charge in [0.25, 0.3) is 0 Å². The number of nitrogen functional groups attached to an aromatic ring is 1. The molecule has 0 saturated carbocycles. The number of carboxylic acid groups (broad SMARTS) is 1. The van der Waals surface area contributed by atoms with Crippen LogP contribution in [0.25, 0.3) is 0 Å². The molecule has 0 aliphatic carbocycles. The van der Waals surface area contributed by atoms with Crippen molar-refractivity contribution in [3.05, 3.63) is 22.7 Å². The van der Waals surface area contributed by atoms with Crippen molar-refractivity contribution in [3.8, 4) is 0 Å². The number of rotatable bonds is 2. The molecule has 0 radical (unpaired) electrons. The van der Waals surface area contributed by atoms with E-state index in [4.69, 9.17) is 22.4 Å². The lowest BCUT2D eigenvalue weighted by Gasteiger charge is -2.08. The Balaban J connectivity index is 3.23. The number of benzene rings is 1. The van der Waals surface area contributed by atoms with Gasteiger partial charge in [0.05, 0.1) is 22.0 Å². The van der Waals surface area contributed by atoms with E-state index in [1.807, 2.05) is 0 Å². The zero-order valence-electron chi connectivity index (χ0n) is 7.87. The van der Waals surface area contributed by atoms with Gasteiger partial charge in [0.1, 0.15) is 0 Å². The second kappa shape index (κ2) is 4.18. The summed E-state index contributed by atoms with van der Waals surface area (Å²) in [4.78, 5) is 21.5. The molecular formula is C9H9ClN2O3. The van der Waals surface area contributed by atoms with E-state index in [1.165, 1.54) is 19.1 Å². The fourth-order valence-corrected chi connectivity index (χ4v) is 1.30. The Morgan fingerprint density at radius 1 is 1.47 bits per heavy atom. The van der Waals surface area contributed by atoms with Crippen molar-refractivity contribution in [2.75, 3.05) is 11.1 Å². The number of nitrogens with one attached hydrogen (secondary N) is 1. The van der Waals surface area contributed by atoms with E-state index in [2.05, 4.69) is 5.32 Å². The van der Waals surface area contributed by atoms with E-state index in [0.717, 1.165) is 0 Å². The monoisotopic (exact) mass is 228 g/mol. The van der Waals surface area contributed by atoms with Crippen molar-refractivity contribution in [2.24, 2.45) is 0 Å². The molecular weight excluding hydrogens is 220 g/mol. The standard InChI is InChI=1S/C9H9ClN2O3/c1-4(13)12-8-2-5(9(14)15)6(10)3-7(8)11/h2-3H,11H2,1H3,(H,12,13)(H,14,15). The van der Waals surface area contributed by atoms with E-state index in [1.54, 1.807) is 0 Å². The summed E-state index contributed by atoms with van der Waals surface area (Å²) in [5.74, 6) is -1.51. The molecule has 0 heterocycles. The summed E-state index contributed by atoms with van der Waals surface area (Å²) in [5.41, 5.74) is 5.91. The van der Waals surface area contributed by atoms with E-state index in [0.29, 0.717) is 0 Å². The third-order valence-corrected chi connectivity index (χ3v) is 1.99. The van der Waals surface area contributed by atoms with Crippen molar-refractivity contribution >= 4 is 34.9 Å². The predicted octanol–water partition coefficient (Wildman–Crippen LogP) is 1.58. The summed E-state index contributed by atoms with van der Waals surface area (Å²) in [6.07, 6.45) is 0. The number of nitrogens with two attached hydrogens (primary N) is 1. The van der Waals surface area contributed by atoms with Crippen molar-refractivity contribution < 1.29 is 14.7 Å². The first-order valence-electron chi connectivity index (χ1n) is 4.01. The van der Waals surface area contributed by atoms with Crippen LogP contribution in [0.3, 0.4) is 0 Å². The Morgan fingerprint density at radius 2 is 2.07 bits per heavy atom. The van der Waals surface area contributed by atoms with Crippen LogP contribution in [0, 0.1) is 0 Å². The molecule has 4 N–H and O–H groups in total. The van der Waals surface area contributed by atoms with Gasteiger partial charge >= 0.3 is 5.97 Å². The first-order chi connectivity index (χ1) is 6.91. The minimum atomic E-state index is -1.17. The van der Waals surface area contributed by atoms with E-state index >= 15 is 0 Å². The smallest absolute Gasteiger partial charge is 0.337 e. The predicted molar refractivity (Wildman–Crippen MR) is 57.1 cm³/mol. The molecule has 0 aliphatic rings. The van der Waals surface area contributed by atoms with Crippen LogP contribution in [0.4, 0.5) is 11.4 Å². The minimum Gasteiger partial charge on any atom is -0.478 e. The third-order valence-electron chi connectivity index (χ3n) is 1.68. The van der Waals surface area contributed by atoms with Gasteiger partial charge in [0.2, 0.25) is 5.91 Å². The van der Waals surface area contributed by atoms with Gasteiger partial charge in [-0.05, 0) is 12.1 Å². The molecule has 0 spiro atoms. The van der Waals surface area contributed by atoms with Gasteiger partial charge in [-0.3, -0.25) is 4.79 Å². The Bertz CT molecular complexity index is 432. The molecule has 6 heteroatoms. The highest BCUT2D eigenvalue weighted by atomic mass is 35.5. The van der Waals surface area contributed by atoms with E-state index in [9.17, 15) is 9.59 Å². The van der Waals surface area contributed by atoms with Gasteiger partial charge in [-0.25, -0.2) is 4.79 Å². The lowest BCUT2D eigenvalue weighted by Crippen LogP contribution is -2.09. The van der Waals surface area contributed by atoms with Gasteiger partial charge in [-0.1, -0.05) is 11.6 Å². The normalized spacial score (nSPS) is 9.73. The van der Waals surface area contributed by atoms with E-state index in [-0.39, 0.29) is 27.9 Å². The number of anilines is 2. The fraction of sp³-hybridized carbons (Fsp3) is 0.111. The molecule has 5 nitrogen and oxygen atoms in total. The highest BCUT2D eigenvalue weighted by Gasteiger charge is 2.12. The summed E-state index contributed by atoms with van der Waals surface area (Å²) in [6, 6.07) is 2.51. The van der Waals surface area contributed by atoms with Crippen LogP contribution in [0.1, 0.15) is 17.3 Å². The molecule has 0 aromatic heterocycles. The molecule has 0 bridgehead atoms. The Morgan fingerprint density at radius 3 is 2.53 bits per heavy atom. The van der Waals surface area contributed by atoms with Crippen molar-refractivity contribution in [2.45, 2.75) is 6.92 Å². The molecule has 1 rings (SSSR count). The van der Waals surface area contributed by atoms with E-state index < -0.39 is 5.97 Å². The zero-order valence-corrected chi connectivity index (χ0v) is 8.63. The van der Waals surface area contributed by atoms with Crippen molar-refractivity contribution in [3.63, 3.8) is 0 Å². The SMILES string of the molecule is CC(=O)Nc1cc(C(=O)O)c(Cl)cc1N. The summed E-state index contributed by atoms with van der Waals surface area (Å²) < 4.78 is 0. The zero-order chi connectivity index (χ0) is 11.6. The maximum Gasteiger partial charge on any atom is 0.337 e.